The molecule has 158 valence electrons. The minimum absolute atomic E-state index is 0. The van der Waals surface area contributed by atoms with E-state index in [9.17, 15) is 25.2 Å². The molecule has 0 heterocycles. The summed E-state index contributed by atoms with van der Waals surface area (Å²) in [6.45, 7) is 0.261. The maximum absolute atomic E-state index is 10.5. The van der Waals surface area contributed by atoms with E-state index in [2.05, 4.69) is 0 Å². The van der Waals surface area contributed by atoms with Gasteiger partial charge in [-0.05, 0) is 12.8 Å². The Hall–Kier alpha value is 0.866. The largest absolute Gasteiger partial charge is 1.00 e. The molecule has 27 heavy (non-hydrogen) atoms. The van der Waals surface area contributed by atoms with Gasteiger partial charge in [-0.2, -0.15) is 0 Å². The van der Waals surface area contributed by atoms with E-state index >= 15 is 0 Å². The smallest absolute Gasteiger partial charge is 1.00 e. The van der Waals surface area contributed by atoms with Gasteiger partial charge in [0, 0.05) is 6.61 Å². The van der Waals surface area contributed by atoms with Crippen molar-refractivity contribution in [2.24, 2.45) is 0 Å². The van der Waals surface area contributed by atoms with Crippen molar-refractivity contribution in [2.75, 3.05) is 6.61 Å². The quantitative estimate of drug-likeness (QED) is 0.0987. The van der Waals surface area contributed by atoms with Crippen molar-refractivity contribution in [1.82, 2.24) is 0 Å². The number of carbonyl (C=O) groups is 1. The van der Waals surface area contributed by atoms with Crippen molar-refractivity contribution in [1.29, 1.82) is 0 Å². The molecule has 0 saturated heterocycles. The predicted octanol–water partition coefficient (Wildman–Crippen LogP) is -2.72. The molecule has 8 nitrogen and oxygen atoms in total. The van der Waals surface area contributed by atoms with Gasteiger partial charge in [0.25, 0.3) is 0 Å². The fraction of sp³-hybridized carbons (Fsp3) is 0.944. The fourth-order valence-electron chi connectivity index (χ4n) is 2.81. The molecule has 0 rings (SSSR count). The third kappa shape index (κ3) is 14.5. The number of carboxylic acids is 1. The van der Waals surface area contributed by atoms with Gasteiger partial charge in [0.15, 0.2) is 6.10 Å². The zero-order valence-electron chi connectivity index (χ0n) is 17.4. The van der Waals surface area contributed by atoms with Crippen LogP contribution in [-0.4, -0.2) is 78.8 Å². The van der Waals surface area contributed by atoms with Crippen molar-refractivity contribution in [3.05, 3.63) is 0 Å². The molecule has 0 aromatic heterocycles. The maximum Gasteiger partial charge on any atom is 1.00 e. The van der Waals surface area contributed by atoms with Crippen LogP contribution < -0.4 is 51.4 Å². The van der Waals surface area contributed by atoms with E-state index in [1.54, 1.807) is 0 Å². The number of aliphatic hydroxyl groups excluding tert-OH is 6. The van der Waals surface area contributed by atoms with Crippen molar-refractivity contribution < 1.29 is 93.4 Å². The first-order valence-corrected chi connectivity index (χ1v) is 9.57. The summed E-state index contributed by atoms with van der Waals surface area (Å²) in [5.41, 5.74) is 0. The van der Waals surface area contributed by atoms with Crippen LogP contribution >= 0.6 is 0 Å². The van der Waals surface area contributed by atoms with Gasteiger partial charge in [-0.25, -0.2) is 4.79 Å². The Morgan fingerprint density at radius 3 is 1.48 bits per heavy atom. The monoisotopic (exact) mass is 420 g/mol. The van der Waals surface area contributed by atoms with Gasteiger partial charge >= 0.3 is 57.4 Å². The van der Waals surface area contributed by atoms with Gasteiger partial charge < -0.3 is 37.2 Å². The average molecular weight is 421 g/mol. The number of aliphatic carboxylic acids is 1. The Morgan fingerprint density at radius 1 is 0.667 bits per heavy atom. The topological polar surface area (TPSA) is 159 Å². The molecule has 0 aliphatic carbocycles. The van der Waals surface area contributed by atoms with E-state index < -0.39 is 36.5 Å². The van der Waals surface area contributed by atoms with Crippen molar-refractivity contribution in [2.45, 2.75) is 101 Å². The molecule has 0 spiro atoms. The molecule has 0 radical (unpaired) electrons. The van der Waals surface area contributed by atoms with Crippen LogP contribution in [0.5, 0.6) is 0 Å². The summed E-state index contributed by atoms with van der Waals surface area (Å²) < 4.78 is 0. The average Bonchev–Trinajstić information content (AvgIpc) is 2.63. The molecule has 0 aromatic carbocycles. The molecule has 9 heteroatoms. The van der Waals surface area contributed by atoms with Crippen LogP contribution in [0.3, 0.4) is 0 Å². The second kappa shape index (κ2) is 18.9. The van der Waals surface area contributed by atoms with E-state index in [1.807, 2.05) is 0 Å². The summed E-state index contributed by atoms with van der Waals surface area (Å²) in [5.74, 6) is -1.72. The molecule has 0 amide bonds. The Morgan fingerprint density at radius 2 is 1.07 bits per heavy atom. The Bertz CT molecular complexity index is 364. The summed E-state index contributed by atoms with van der Waals surface area (Å²) >= 11 is 0. The summed E-state index contributed by atoms with van der Waals surface area (Å²) in [6, 6.07) is 0. The van der Waals surface area contributed by atoms with Crippen LogP contribution in [-0.2, 0) is 4.79 Å². The summed E-state index contributed by atoms with van der Waals surface area (Å²) in [6.07, 6.45) is 1.12. The predicted molar refractivity (Wildman–Crippen MR) is 96.7 cm³/mol. The van der Waals surface area contributed by atoms with Crippen molar-refractivity contribution in [3.63, 3.8) is 0 Å². The number of unbranched alkanes of at least 4 members (excludes halogenated alkanes) is 9. The summed E-state index contributed by atoms with van der Waals surface area (Å²) in [4.78, 5) is 10.5. The molecule has 0 fully saturated rings. The van der Waals surface area contributed by atoms with E-state index in [0.717, 1.165) is 44.9 Å². The molecule has 0 bridgehead atoms. The molecule has 7 N–H and O–H groups in total. The Kier molecular flexibility index (Phi) is 21.0. The SMILES string of the molecule is O=C(O)C(O)C(O)C(O)C(O)C(O)CCCCCCCCCCCCO.[H-].[K+]. The number of hydrogen-bond donors (Lipinski definition) is 7. The number of carboxylic acid groups (broad SMARTS) is 1. The third-order valence-corrected chi connectivity index (χ3v) is 4.58. The number of rotatable bonds is 17. The first-order chi connectivity index (χ1) is 12.3. The van der Waals surface area contributed by atoms with E-state index in [1.165, 1.54) is 12.8 Å². The minimum atomic E-state index is -2.23. The van der Waals surface area contributed by atoms with E-state index in [4.69, 9.17) is 15.3 Å². The molecule has 0 aliphatic heterocycles. The van der Waals surface area contributed by atoms with Crippen molar-refractivity contribution in [3.8, 4) is 0 Å². The van der Waals surface area contributed by atoms with Gasteiger partial charge in [0.2, 0.25) is 0 Å². The first-order valence-electron chi connectivity index (χ1n) is 9.57. The van der Waals surface area contributed by atoms with Crippen LogP contribution in [0.1, 0.15) is 72.1 Å². The van der Waals surface area contributed by atoms with Gasteiger partial charge in [-0.1, -0.05) is 57.8 Å². The molecule has 5 unspecified atom stereocenters. The number of aliphatic hydroxyl groups is 6. The minimum Gasteiger partial charge on any atom is -1.00 e. The van der Waals surface area contributed by atoms with E-state index in [-0.39, 0.29) is 65.8 Å². The Balaban J connectivity index is -0.00000312. The first kappa shape index (κ1) is 30.1. The Labute approximate surface area is 205 Å². The molecule has 0 saturated carbocycles. The van der Waals surface area contributed by atoms with Crippen LogP contribution in [0, 0.1) is 0 Å². The molecule has 0 aliphatic rings. The van der Waals surface area contributed by atoms with Gasteiger partial charge in [0.1, 0.15) is 18.3 Å². The summed E-state index contributed by atoms with van der Waals surface area (Å²) in [5, 5.41) is 65.1. The summed E-state index contributed by atoms with van der Waals surface area (Å²) in [7, 11) is 0. The normalized spacial score (nSPS) is 16.8. The standard InChI is InChI=1S/C18H36O8.K.H/c19-12-10-8-6-4-2-1-3-5-7-9-11-13(20)14(21)15(22)16(23)17(24)18(25)26;;/h13-17,19-24H,1-12H2,(H,25,26);;/q;+1;-1. The van der Waals surface area contributed by atoms with Gasteiger partial charge in [-0.3, -0.25) is 0 Å². The van der Waals surface area contributed by atoms with Crippen LogP contribution in [0.15, 0.2) is 0 Å². The zero-order valence-corrected chi connectivity index (χ0v) is 19.5. The van der Waals surface area contributed by atoms with E-state index in [0.29, 0.717) is 6.42 Å². The molecule has 5 atom stereocenters. The van der Waals surface area contributed by atoms with Crippen molar-refractivity contribution >= 4 is 5.97 Å². The third-order valence-electron chi connectivity index (χ3n) is 4.58. The second-order valence-electron chi connectivity index (χ2n) is 6.87. The maximum atomic E-state index is 10.5. The molecular weight excluding hydrogens is 383 g/mol. The van der Waals surface area contributed by atoms with Crippen LogP contribution in [0.2, 0.25) is 0 Å². The van der Waals surface area contributed by atoms with Crippen LogP contribution in [0.25, 0.3) is 0 Å². The second-order valence-corrected chi connectivity index (χ2v) is 6.87. The zero-order chi connectivity index (χ0) is 19.9. The molecule has 0 aromatic rings. The fourth-order valence-corrected chi connectivity index (χ4v) is 2.81. The number of hydrogen-bond acceptors (Lipinski definition) is 7. The van der Waals surface area contributed by atoms with Gasteiger partial charge in [-0.15, -0.1) is 0 Å². The van der Waals surface area contributed by atoms with Crippen LogP contribution in [0.4, 0.5) is 0 Å². The molecular formula is C18H37KO8. The van der Waals surface area contributed by atoms with Gasteiger partial charge in [0.05, 0.1) is 6.10 Å².